The SMILES string of the molecule is C=CCc1cc(C=Nn2c(C)nc3ccc(Br)cc3c2=O)cc(OCC)c1OCc1ccc(Br)cc1. The van der Waals surface area contributed by atoms with Gasteiger partial charge in [0.25, 0.3) is 5.56 Å². The highest BCUT2D eigenvalue weighted by Crippen LogP contribution is 2.34. The number of halogens is 2. The second-order valence-electron chi connectivity index (χ2n) is 8.03. The second kappa shape index (κ2) is 11.7. The van der Waals surface area contributed by atoms with Gasteiger partial charge in [-0.25, -0.2) is 4.98 Å². The van der Waals surface area contributed by atoms with E-state index < -0.39 is 0 Å². The lowest BCUT2D eigenvalue weighted by Crippen LogP contribution is -2.20. The number of aromatic nitrogens is 2. The number of nitrogens with zero attached hydrogens (tertiary/aromatic N) is 3. The highest BCUT2D eigenvalue weighted by Gasteiger charge is 2.14. The molecule has 0 aliphatic carbocycles. The Kier molecular flexibility index (Phi) is 8.38. The number of ether oxygens (including phenoxy) is 2. The average Bonchev–Trinajstić information content (AvgIpc) is 2.85. The monoisotopic (exact) mass is 609 g/mol. The maximum absolute atomic E-state index is 13.1. The number of benzene rings is 3. The Bertz CT molecular complexity index is 1500. The molecule has 0 bridgehead atoms. The van der Waals surface area contributed by atoms with E-state index in [0.29, 0.717) is 47.9 Å². The Morgan fingerprint density at radius 1 is 1.06 bits per heavy atom. The molecule has 0 aliphatic heterocycles. The Hall–Kier alpha value is -3.23. The van der Waals surface area contributed by atoms with E-state index in [1.807, 2.05) is 61.5 Å². The van der Waals surface area contributed by atoms with Gasteiger partial charge in [0.2, 0.25) is 0 Å². The molecule has 0 unspecified atom stereocenters. The van der Waals surface area contributed by atoms with Gasteiger partial charge in [0.05, 0.1) is 23.7 Å². The fraction of sp³-hybridized carbons (Fsp3) is 0.179. The molecular formula is C28H25Br2N3O3. The van der Waals surface area contributed by atoms with Crippen molar-refractivity contribution in [2.75, 3.05) is 6.61 Å². The van der Waals surface area contributed by atoms with Crippen molar-refractivity contribution < 1.29 is 9.47 Å². The van der Waals surface area contributed by atoms with E-state index in [1.165, 1.54) is 4.68 Å². The minimum Gasteiger partial charge on any atom is -0.490 e. The molecule has 6 nitrogen and oxygen atoms in total. The van der Waals surface area contributed by atoms with Crippen molar-refractivity contribution in [3.8, 4) is 11.5 Å². The Morgan fingerprint density at radius 2 is 1.81 bits per heavy atom. The first kappa shape index (κ1) is 25.9. The Labute approximate surface area is 226 Å². The summed E-state index contributed by atoms with van der Waals surface area (Å²) in [7, 11) is 0. The smallest absolute Gasteiger partial charge is 0.282 e. The summed E-state index contributed by atoms with van der Waals surface area (Å²) < 4.78 is 15.3. The topological polar surface area (TPSA) is 65.7 Å². The van der Waals surface area contributed by atoms with E-state index in [1.54, 1.807) is 19.2 Å². The van der Waals surface area contributed by atoms with Crippen molar-refractivity contribution in [2.45, 2.75) is 26.9 Å². The van der Waals surface area contributed by atoms with Gasteiger partial charge in [0, 0.05) is 14.5 Å². The molecule has 36 heavy (non-hydrogen) atoms. The summed E-state index contributed by atoms with van der Waals surface area (Å²) in [6, 6.07) is 17.2. The van der Waals surface area contributed by atoms with Crippen molar-refractivity contribution in [1.29, 1.82) is 0 Å². The van der Waals surface area contributed by atoms with Gasteiger partial charge in [-0.15, -0.1) is 6.58 Å². The maximum Gasteiger partial charge on any atom is 0.282 e. The minimum absolute atomic E-state index is 0.235. The molecule has 0 amide bonds. The number of hydrogen-bond donors (Lipinski definition) is 0. The van der Waals surface area contributed by atoms with Crippen LogP contribution in [0.15, 0.2) is 86.1 Å². The predicted octanol–water partition coefficient (Wildman–Crippen LogP) is 6.82. The lowest BCUT2D eigenvalue weighted by Gasteiger charge is -2.17. The molecule has 8 heteroatoms. The highest BCUT2D eigenvalue weighted by atomic mass is 79.9. The zero-order chi connectivity index (χ0) is 25.7. The minimum atomic E-state index is -0.235. The first-order chi connectivity index (χ1) is 17.4. The van der Waals surface area contributed by atoms with Crippen molar-refractivity contribution in [1.82, 2.24) is 9.66 Å². The van der Waals surface area contributed by atoms with E-state index in [-0.39, 0.29) is 5.56 Å². The molecule has 0 radical (unpaired) electrons. The van der Waals surface area contributed by atoms with E-state index in [4.69, 9.17) is 9.47 Å². The molecule has 1 heterocycles. The van der Waals surface area contributed by atoms with E-state index in [0.717, 1.165) is 25.6 Å². The second-order valence-corrected chi connectivity index (χ2v) is 9.86. The predicted molar refractivity (Wildman–Crippen MR) is 151 cm³/mol. The van der Waals surface area contributed by atoms with Crippen molar-refractivity contribution in [3.63, 3.8) is 0 Å². The third-order valence-electron chi connectivity index (χ3n) is 5.41. The normalized spacial score (nSPS) is 11.2. The van der Waals surface area contributed by atoms with Crippen LogP contribution in [0, 0.1) is 6.92 Å². The fourth-order valence-corrected chi connectivity index (χ4v) is 4.37. The number of rotatable bonds is 9. The van der Waals surface area contributed by atoms with Gasteiger partial charge >= 0.3 is 0 Å². The number of hydrogen-bond acceptors (Lipinski definition) is 5. The fourth-order valence-electron chi connectivity index (χ4n) is 3.75. The first-order valence-corrected chi connectivity index (χ1v) is 13.0. The number of fused-ring (bicyclic) bond motifs is 1. The van der Waals surface area contributed by atoms with E-state index >= 15 is 0 Å². The molecular weight excluding hydrogens is 586 g/mol. The summed E-state index contributed by atoms with van der Waals surface area (Å²) in [5, 5.41) is 4.96. The van der Waals surface area contributed by atoms with Crippen LogP contribution in [0.3, 0.4) is 0 Å². The molecule has 0 aliphatic rings. The lowest BCUT2D eigenvalue weighted by atomic mass is 10.1. The van der Waals surface area contributed by atoms with Gasteiger partial charge < -0.3 is 9.47 Å². The lowest BCUT2D eigenvalue weighted by molar-refractivity contribution is 0.267. The highest BCUT2D eigenvalue weighted by molar-refractivity contribution is 9.10. The van der Waals surface area contributed by atoms with Crippen LogP contribution in [0.5, 0.6) is 11.5 Å². The molecule has 0 N–H and O–H groups in total. The first-order valence-electron chi connectivity index (χ1n) is 11.4. The maximum atomic E-state index is 13.1. The zero-order valence-corrected chi connectivity index (χ0v) is 23.2. The Balaban J connectivity index is 1.71. The van der Waals surface area contributed by atoms with Gasteiger partial charge in [0.15, 0.2) is 11.5 Å². The quantitative estimate of drug-likeness (QED) is 0.154. The summed E-state index contributed by atoms with van der Waals surface area (Å²) in [5.41, 5.74) is 3.12. The zero-order valence-electron chi connectivity index (χ0n) is 20.0. The van der Waals surface area contributed by atoms with Crippen molar-refractivity contribution in [2.24, 2.45) is 5.10 Å². The summed E-state index contributed by atoms with van der Waals surface area (Å²) in [5.74, 6) is 1.78. The van der Waals surface area contributed by atoms with Crippen LogP contribution in [0.25, 0.3) is 10.9 Å². The third-order valence-corrected chi connectivity index (χ3v) is 6.43. The van der Waals surface area contributed by atoms with Gasteiger partial charge in [-0.05, 0) is 73.9 Å². The molecule has 1 aromatic heterocycles. The summed E-state index contributed by atoms with van der Waals surface area (Å²) in [4.78, 5) is 17.6. The van der Waals surface area contributed by atoms with Gasteiger partial charge in [-0.1, -0.05) is 50.1 Å². The number of allylic oxidation sites excluding steroid dienone is 1. The van der Waals surface area contributed by atoms with Gasteiger partial charge in [0.1, 0.15) is 12.4 Å². The van der Waals surface area contributed by atoms with Crippen LogP contribution in [-0.4, -0.2) is 22.5 Å². The molecule has 0 fully saturated rings. The van der Waals surface area contributed by atoms with E-state index in [9.17, 15) is 4.79 Å². The number of aryl methyl sites for hydroxylation is 1. The molecule has 0 saturated heterocycles. The standard InChI is InChI=1S/C28H25Br2N3O3/c1-4-6-21-13-20(14-26(35-5-2)27(21)36-17-19-7-9-22(29)10-8-19)16-31-33-18(3)32-25-12-11-23(30)15-24(25)28(33)34/h4,7-16H,1,5-6,17H2,2-3H3. The molecule has 0 spiro atoms. The van der Waals surface area contributed by atoms with Crippen LogP contribution in [0.1, 0.15) is 29.4 Å². The van der Waals surface area contributed by atoms with Crippen LogP contribution in [0.2, 0.25) is 0 Å². The van der Waals surface area contributed by atoms with Crippen molar-refractivity contribution >= 4 is 49.0 Å². The molecule has 184 valence electrons. The van der Waals surface area contributed by atoms with E-state index in [2.05, 4.69) is 48.5 Å². The molecule has 3 aromatic carbocycles. The summed E-state index contributed by atoms with van der Waals surface area (Å²) in [6.45, 7) is 8.45. The molecule has 0 saturated carbocycles. The summed E-state index contributed by atoms with van der Waals surface area (Å²) >= 11 is 6.88. The third kappa shape index (κ3) is 5.94. The van der Waals surface area contributed by atoms with Gasteiger partial charge in [-0.3, -0.25) is 4.79 Å². The average molecular weight is 611 g/mol. The largest absolute Gasteiger partial charge is 0.490 e. The van der Waals surface area contributed by atoms with Crippen LogP contribution >= 0.6 is 31.9 Å². The van der Waals surface area contributed by atoms with Crippen LogP contribution in [0.4, 0.5) is 0 Å². The van der Waals surface area contributed by atoms with Gasteiger partial charge in [-0.2, -0.15) is 9.78 Å². The summed E-state index contributed by atoms with van der Waals surface area (Å²) in [6.07, 6.45) is 4.04. The van der Waals surface area contributed by atoms with Crippen LogP contribution in [-0.2, 0) is 13.0 Å². The van der Waals surface area contributed by atoms with Crippen molar-refractivity contribution in [3.05, 3.63) is 109 Å². The molecule has 0 atom stereocenters. The Morgan fingerprint density at radius 3 is 2.53 bits per heavy atom. The molecule has 4 aromatic rings. The molecule has 4 rings (SSSR count). The van der Waals surface area contributed by atoms with Crippen LogP contribution < -0.4 is 15.0 Å².